The number of benzene rings is 1. The van der Waals surface area contributed by atoms with Crippen LogP contribution in [0.2, 0.25) is 0 Å². The number of alkyl halides is 3. The summed E-state index contributed by atoms with van der Waals surface area (Å²) in [6.45, 7) is 1.72. The molecule has 1 aromatic carbocycles. The Labute approximate surface area is 173 Å². The number of nitrogens with one attached hydrogen (secondary N) is 2. The standard InChI is InChI=1S/C20H23F3N4OS/c21-20(22,23)16-6-3-5-15(11-16)14-27-9-2-1-7-17(27)12-25-26-19(29)24-13-18-8-4-10-28-18/h3-6,8,10-12,17H,1-2,7,9,13-14H2,(H2,24,26,29). The van der Waals surface area contributed by atoms with Crippen LogP contribution in [0.3, 0.4) is 0 Å². The molecule has 2 heterocycles. The fraction of sp³-hybridized carbons (Fsp3) is 0.400. The number of thiocarbonyl (C=S) groups is 1. The van der Waals surface area contributed by atoms with Crippen LogP contribution in [0.15, 0.2) is 52.2 Å². The van der Waals surface area contributed by atoms with E-state index >= 15 is 0 Å². The fourth-order valence-corrected chi connectivity index (χ4v) is 3.39. The molecule has 1 fully saturated rings. The minimum absolute atomic E-state index is 0.0404. The van der Waals surface area contributed by atoms with Gasteiger partial charge in [0.1, 0.15) is 5.76 Å². The van der Waals surface area contributed by atoms with E-state index in [-0.39, 0.29) is 6.04 Å². The van der Waals surface area contributed by atoms with E-state index in [1.54, 1.807) is 24.6 Å². The summed E-state index contributed by atoms with van der Waals surface area (Å²) in [5, 5.41) is 7.57. The number of piperidine rings is 1. The maximum atomic E-state index is 13.0. The Bertz CT molecular complexity index is 823. The molecule has 0 amide bonds. The number of hydrazone groups is 1. The van der Waals surface area contributed by atoms with Crippen LogP contribution in [0, 0.1) is 0 Å². The summed E-state index contributed by atoms with van der Waals surface area (Å²) >= 11 is 5.18. The molecule has 9 heteroatoms. The van der Waals surface area contributed by atoms with Crippen LogP contribution in [0.4, 0.5) is 13.2 Å². The van der Waals surface area contributed by atoms with E-state index in [1.807, 2.05) is 6.07 Å². The molecule has 0 saturated carbocycles. The van der Waals surface area contributed by atoms with Gasteiger partial charge in [0.15, 0.2) is 5.11 Å². The van der Waals surface area contributed by atoms with Gasteiger partial charge in [-0.2, -0.15) is 18.3 Å². The molecule has 0 aliphatic carbocycles. The average molecular weight is 424 g/mol. The Kier molecular flexibility index (Phi) is 7.27. The molecule has 29 heavy (non-hydrogen) atoms. The molecule has 0 bridgehead atoms. The lowest BCUT2D eigenvalue weighted by atomic mass is 10.0. The molecule has 1 saturated heterocycles. The zero-order valence-corrected chi connectivity index (χ0v) is 16.6. The van der Waals surface area contributed by atoms with Gasteiger partial charge >= 0.3 is 6.18 Å². The Hall–Kier alpha value is -2.39. The van der Waals surface area contributed by atoms with Gasteiger partial charge in [-0.25, -0.2) is 0 Å². The van der Waals surface area contributed by atoms with Crippen molar-refractivity contribution in [3.05, 3.63) is 59.5 Å². The van der Waals surface area contributed by atoms with Gasteiger partial charge in [-0.1, -0.05) is 24.6 Å². The van der Waals surface area contributed by atoms with Crippen LogP contribution in [0.1, 0.15) is 36.1 Å². The van der Waals surface area contributed by atoms with Crippen LogP contribution in [0.5, 0.6) is 0 Å². The highest BCUT2D eigenvalue weighted by Crippen LogP contribution is 2.30. The predicted molar refractivity (Wildman–Crippen MR) is 109 cm³/mol. The molecule has 1 unspecified atom stereocenters. The molecular formula is C20H23F3N4OS. The summed E-state index contributed by atoms with van der Waals surface area (Å²) in [4.78, 5) is 2.14. The molecule has 1 aromatic heterocycles. The molecular weight excluding hydrogens is 401 g/mol. The number of nitrogens with zero attached hydrogens (tertiary/aromatic N) is 2. The van der Waals surface area contributed by atoms with Crippen molar-refractivity contribution in [1.82, 2.24) is 15.6 Å². The Morgan fingerprint density at radius 3 is 2.90 bits per heavy atom. The van der Waals surface area contributed by atoms with Gasteiger partial charge in [-0.05, 0) is 55.4 Å². The van der Waals surface area contributed by atoms with Crippen molar-refractivity contribution in [3.8, 4) is 0 Å². The monoisotopic (exact) mass is 424 g/mol. The van der Waals surface area contributed by atoms with Gasteiger partial charge in [0.25, 0.3) is 0 Å². The third kappa shape index (κ3) is 6.57. The fourth-order valence-electron chi connectivity index (χ4n) is 3.26. The Balaban J connectivity index is 1.54. The summed E-state index contributed by atoms with van der Waals surface area (Å²) in [6.07, 6.45) is 2.00. The van der Waals surface area contributed by atoms with Crippen molar-refractivity contribution in [2.24, 2.45) is 5.10 Å². The average Bonchev–Trinajstić information content (AvgIpc) is 3.21. The van der Waals surface area contributed by atoms with Crippen molar-refractivity contribution < 1.29 is 17.6 Å². The maximum absolute atomic E-state index is 13.0. The first-order chi connectivity index (χ1) is 13.9. The van der Waals surface area contributed by atoms with Gasteiger partial charge in [0.2, 0.25) is 0 Å². The highest BCUT2D eigenvalue weighted by atomic mass is 32.1. The van der Waals surface area contributed by atoms with Crippen molar-refractivity contribution >= 4 is 23.5 Å². The van der Waals surface area contributed by atoms with E-state index in [2.05, 4.69) is 20.7 Å². The largest absolute Gasteiger partial charge is 0.467 e. The second-order valence-electron chi connectivity index (χ2n) is 6.88. The van der Waals surface area contributed by atoms with E-state index < -0.39 is 11.7 Å². The number of hydrogen-bond donors (Lipinski definition) is 2. The topological polar surface area (TPSA) is 52.8 Å². The minimum atomic E-state index is -4.33. The van der Waals surface area contributed by atoms with E-state index in [1.165, 1.54) is 12.1 Å². The molecule has 2 N–H and O–H groups in total. The highest BCUT2D eigenvalue weighted by Gasteiger charge is 2.30. The number of likely N-dealkylation sites (tertiary alicyclic amines) is 1. The zero-order valence-electron chi connectivity index (χ0n) is 15.8. The van der Waals surface area contributed by atoms with Gasteiger partial charge in [0, 0.05) is 18.8 Å². The highest BCUT2D eigenvalue weighted by molar-refractivity contribution is 7.80. The van der Waals surface area contributed by atoms with Crippen LogP contribution in [-0.2, 0) is 19.3 Å². The molecule has 3 rings (SSSR count). The minimum Gasteiger partial charge on any atom is -0.467 e. The van der Waals surface area contributed by atoms with Crippen LogP contribution >= 0.6 is 12.2 Å². The third-order valence-corrected chi connectivity index (χ3v) is 4.96. The van der Waals surface area contributed by atoms with Crippen LogP contribution in [0.25, 0.3) is 0 Å². The molecule has 1 aliphatic rings. The lowest BCUT2D eigenvalue weighted by molar-refractivity contribution is -0.137. The van der Waals surface area contributed by atoms with Gasteiger partial charge < -0.3 is 9.73 Å². The molecule has 1 aliphatic heterocycles. The number of furan rings is 1. The van der Waals surface area contributed by atoms with E-state index in [0.717, 1.165) is 37.6 Å². The molecule has 0 radical (unpaired) electrons. The number of halogens is 3. The number of rotatable bonds is 6. The summed E-state index contributed by atoms with van der Waals surface area (Å²) in [6, 6.07) is 9.17. The van der Waals surface area contributed by atoms with Gasteiger partial charge in [-0.15, -0.1) is 0 Å². The first-order valence-electron chi connectivity index (χ1n) is 9.41. The summed E-state index contributed by atoms with van der Waals surface area (Å²) in [7, 11) is 0. The second kappa shape index (κ2) is 9.89. The summed E-state index contributed by atoms with van der Waals surface area (Å²) in [5.41, 5.74) is 2.80. The van der Waals surface area contributed by atoms with E-state index in [4.69, 9.17) is 16.6 Å². The number of hydrogen-bond acceptors (Lipinski definition) is 4. The Morgan fingerprint density at radius 1 is 1.28 bits per heavy atom. The quantitative estimate of drug-likeness (QED) is 0.411. The predicted octanol–water partition coefficient (Wildman–Crippen LogP) is 4.30. The zero-order chi connectivity index (χ0) is 20.7. The maximum Gasteiger partial charge on any atom is 0.416 e. The van der Waals surface area contributed by atoms with Gasteiger partial charge in [0.05, 0.1) is 18.4 Å². The molecule has 0 spiro atoms. The first kappa shape index (κ1) is 21.3. The van der Waals surface area contributed by atoms with Crippen LogP contribution < -0.4 is 10.7 Å². The normalized spacial score (nSPS) is 18.1. The van der Waals surface area contributed by atoms with Crippen LogP contribution in [-0.4, -0.2) is 28.8 Å². The van der Waals surface area contributed by atoms with Crippen molar-refractivity contribution in [1.29, 1.82) is 0 Å². The van der Waals surface area contributed by atoms with Crippen molar-refractivity contribution in [3.63, 3.8) is 0 Å². The molecule has 2 aromatic rings. The second-order valence-corrected chi connectivity index (χ2v) is 7.29. The molecule has 5 nitrogen and oxygen atoms in total. The van der Waals surface area contributed by atoms with Crippen molar-refractivity contribution in [2.75, 3.05) is 6.54 Å². The third-order valence-electron chi connectivity index (χ3n) is 4.72. The summed E-state index contributed by atoms with van der Waals surface area (Å²) < 4.78 is 44.1. The smallest absolute Gasteiger partial charge is 0.416 e. The van der Waals surface area contributed by atoms with E-state index in [9.17, 15) is 13.2 Å². The first-order valence-corrected chi connectivity index (χ1v) is 9.82. The molecule has 1 atom stereocenters. The van der Waals surface area contributed by atoms with E-state index in [0.29, 0.717) is 23.8 Å². The SMILES string of the molecule is FC(F)(F)c1cccc(CN2CCCCC2C=NNC(=S)NCc2ccco2)c1. The lowest BCUT2D eigenvalue weighted by Gasteiger charge is -2.33. The Morgan fingerprint density at radius 2 is 2.14 bits per heavy atom. The van der Waals surface area contributed by atoms with Crippen molar-refractivity contribution in [2.45, 2.75) is 44.6 Å². The van der Waals surface area contributed by atoms with Gasteiger partial charge in [-0.3, -0.25) is 10.3 Å². The molecule has 156 valence electrons. The lowest BCUT2D eigenvalue weighted by Crippen LogP contribution is -2.41. The summed E-state index contributed by atoms with van der Waals surface area (Å²) in [5.74, 6) is 0.762.